The third kappa shape index (κ3) is 5.24. The molecule has 13 rings (SSSR count). The molecule has 8 atom stereocenters. The van der Waals surface area contributed by atoms with E-state index in [9.17, 15) is 0 Å². The van der Waals surface area contributed by atoms with E-state index in [0.29, 0.717) is 47.8 Å². The van der Waals surface area contributed by atoms with Gasteiger partial charge in [0.05, 0.1) is 45.5 Å². The minimum Gasteiger partial charge on any atom is -0.309 e. The Labute approximate surface area is 351 Å². The summed E-state index contributed by atoms with van der Waals surface area (Å²) in [6.07, 6.45) is 10.3. The third-order valence-corrected chi connectivity index (χ3v) is 15.5. The molecular weight excluding hydrogens is 737 g/mol. The predicted molar refractivity (Wildman–Crippen MR) is 245 cm³/mol. The Morgan fingerprint density at radius 1 is 0.333 bits per heavy atom. The molecular formula is C52H52N8. The van der Waals surface area contributed by atoms with Crippen LogP contribution in [0, 0.1) is 23.7 Å². The number of nitrogens with one attached hydrogen (secondary N) is 4. The van der Waals surface area contributed by atoms with E-state index in [2.05, 4.69) is 187 Å². The lowest BCUT2D eigenvalue weighted by Crippen LogP contribution is -2.61. The van der Waals surface area contributed by atoms with Crippen molar-refractivity contribution in [1.29, 1.82) is 0 Å². The molecule has 0 spiro atoms. The number of fused-ring (bicyclic) bond motifs is 14. The molecule has 60 heavy (non-hydrogen) atoms. The average molecular weight is 789 g/mol. The van der Waals surface area contributed by atoms with Crippen molar-refractivity contribution < 1.29 is 0 Å². The monoisotopic (exact) mass is 788 g/mol. The Kier molecular flexibility index (Phi) is 8.18. The van der Waals surface area contributed by atoms with Gasteiger partial charge in [-0.15, -0.1) is 0 Å². The minimum atomic E-state index is 0.362. The molecule has 300 valence electrons. The van der Waals surface area contributed by atoms with Crippen LogP contribution in [0.15, 0.2) is 146 Å². The van der Waals surface area contributed by atoms with Crippen molar-refractivity contribution in [1.82, 2.24) is 31.1 Å². The highest BCUT2D eigenvalue weighted by atomic mass is 15.8. The fourth-order valence-electron chi connectivity index (χ4n) is 13.1. The van der Waals surface area contributed by atoms with Gasteiger partial charge in [-0.3, -0.25) is 10.0 Å². The molecule has 8 nitrogen and oxygen atoms in total. The average Bonchev–Trinajstić information content (AvgIpc) is 4.10. The zero-order valence-electron chi connectivity index (χ0n) is 33.9. The Bertz CT molecular complexity index is 2570. The number of anilines is 2. The second kappa shape index (κ2) is 14.0. The highest BCUT2D eigenvalue weighted by molar-refractivity contribution is 6.10. The first-order valence-corrected chi connectivity index (χ1v) is 22.6. The summed E-state index contributed by atoms with van der Waals surface area (Å²) >= 11 is 0. The summed E-state index contributed by atoms with van der Waals surface area (Å²) in [5.41, 5.74) is 25.5. The topological polar surface area (TPSA) is 64.5 Å². The van der Waals surface area contributed by atoms with Crippen LogP contribution in [0.4, 0.5) is 11.4 Å². The van der Waals surface area contributed by atoms with Gasteiger partial charge in [0, 0.05) is 45.0 Å². The van der Waals surface area contributed by atoms with E-state index in [-0.39, 0.29) is 0 Å². The largest absolute Gasteiger partial charge is 0.309 e. The van der Waals surface area contributed by atoms with Crippen LogP contribution in [-0.2, 0) is 0 Å². The lowest BCUT2D eigenvalue weighted by Gasteiger charge is -2.52. The van der Waals surface area contributed by atoms with Gasteiger partial charge in [0.1, 0.15) is 0 Å². The van der Waals surface area contributed by atoms with Gasteiger partial charge in [-0.25, -0.2) is 10.9 Å². The van der Waals surface area contributed by atoms with Crippen LogP contribution in [0.1, 0.15) is 51.4 Å². The Hall–Kier alpha value is -5.64. The van der Waals surface area contributed by atoms with Crippen LogP contribution in [0.25, 0.3) is 55.0 Å². The van der Waals surface area contributed by atoms with Gasteiger partial charge in [0.25, 0.3) is 0 Å². The number of benzene rings is 6. The molecule has 5 fully saturated rings. The Morgan fingerprint density at radius 3 is 0.983 bits per heavy atom. The van der Waals surface area contributed by atoms with Crippen molar-refractivity contribution in [3.63, 3.8) is 0 Å². The van der Waals surface area contributed by atoms with E-state index in [4.69, 9.17) is 0 Å². The van der Waals surface area contributed by atoms with Crippen molar-refractivity contribution >= 4 is 55.0 Å². The van der Waals surface area contributed by atoms with E-state index in [1.165, 1.54) is 118 Å². The van der Waals surface area contributed by atoms with Gasteiger partial charge in [0.2, 0.25) is 0 Å². The first-order chi connectivity index (χ1) is 29.8. The van der Waals surface area contributed by atoms with Gasteiger partial charge in [-0.05, 0) is 122 Å². The number of hydrogen-bond acceptors (Lipinski definition) is 6. The van der Waals surface area contributed by atoms with Crippen LogP contribution in [0.3, 0.4) is 0 Å². The first kappa shape index (κ1) is 35.1. The minimum absolute atomic E-state index is 0.362. The van der Waals surface area contributed by atoms with Crippen LogP contribution in [-0.4, -0.2) is 33.3 Å². The molecule has 8 unspecified atom stereocenters. The molecule has 8 aromatic rings. The van der Waals surface area contributed by atoms with Crippen molar-refractivity contribution in [3.05, 3.63) is 146 Å². The van der Waals surface area contributed by atoms with E-state index >= 15 is 0 Å². The quantitative estimate of drug-likeness (QED) is 0.133. The van der Waals surface area contributed by atoms with Gasteiger partial charge >= 0.3 is 0 Å². The van der Waals surface area contributed by atoms with Crippen molar-refractivity contribution in [2.45, 2.75) is 75.5 Å². The maximum Gasteiger partial charge on any atom is 0.0670 e. The fourth-order valence-corrected chi connectivity index (χ4v) is 13.1. The molecule has 0 radical (unpaired) electrons. The molecule has 8 heteroatoms. The maximum absolute atomic E-state index is 3.97. The highest BCUT2D eigenvalue weighted by Gasteiger charge is 2.57. The molecule has 4 N–H and O–H groups in total. The lowest BCUT2D eigenvalue weighted by molar-refractivity contribution is 0.0561. The molecule has 2 aliphatic heterocycles. The van der Waals surface area contributed by atoms with E-state index < -0.39 is 0 Å². The molecule has 0 bridgehead atoms. The number of rotatable bonds is 4. The second-order valence-corrected chi connectivity index (χ2v) is 18.3. The Balaban J connectivity index is 0.863. The van der Waals surface area contributed by atoms with Gasteiger partial charge in [-0.1, -0.05) is 98.5 Å². The van der Waals surface area contributed by atoms with Crippen molar-refractivity contribution in [2.75, 3.05) is 10.0 Å². The molecule has 3 saturated carbocycles. The zero-order chi connectivity index (χ0) is 39.3. The summed E-state index contributed by atoms with van der Waals surface area (Å²) < 4.78 is 4.85. The molecule has 2 aromatic heterocycles. The van der Waals surface area contributed by atoms with Crippen molar-refractivity contribution in [3.8, 4) is 11.4 Å². The lowest BCUT2D eigenvalue weighted by atomic mass is 9.59. The maximum atomic E-state index is 3.97. The number of aromatic nitrogens is 2. The predicted octanol–water partition coefficient (Wildman–Crippen LogP) is 10.3. The summed E-state index contributed by atoms with van der Waals surface area (Å²) in [4.78, 5) is 0. The van der Waals surface area contributed by atoms with Crippen molar-refractivity contribution in [2.24, 2.45) is 23.7 Å². The van der Waals surface area contributed by atoms with E-state index in [1.807, 2.05) is 0 Å². The first-order valence-electron chi connectivity index (χ1n) is 22.6. The van der Waals surface area contributed by atoms with Crippen LogP contribution < -0.4 is 31.9 Å². The summed E-state index contributed by atoms with van der Waals surface area (Å²) in [6, 6.07) is 55.5. The molecule has 4 heterocycles. The molecule has 0 amide bonds. The summed E-state index contributed by atoms with van der Waals surface area (Å²) in [5.74, 6) is 2.25. The molecule has 5 aliphatic rings. The standard InChI is InChI=1S/C52H52N8/c1-2-18-42-41(17-1)49-51(59(55-53-49)35-29-25-33(26-30-35)57-45-21-9-5-13-37(45)38-14-6-10-22-46(38)57)43-19-3-4-20-44(43)52-50(42)54-56-60(52)36-31-27-34(28-32-36)58-47-23-11-7-15-39(47)40-16-8-12-24-48(40)58/h5-16,21-32,41-44,49-56H,1-4,17-20H2. The van der Waals surface area contributed by atoms with E-state index in [1.54, 1.807) is 0 Å². The van der Waals surface area contributed by atoms with Gasteiger partial charge in [0.15, 0.2) is 0 Å². The smallest absolute Gasteiger partial charge is 0.0670 e. The number of hydrogen-bond donors (Lipinski definition) is 4. The Morgan fingerprint density at radius 2 is 0.633 bits per heavy atom. The third-order valence-electron chi connectivity index (χ3n) is 15.5. The summed E-state index contributed by atoms with van der Waals surface area (Å²) in [7, 11) is 0. The van der Waals surface area contributed by atoms with Crippen LogP contribution in [0.5, 0.6) is 0 Å². The molecule has 3 aliphatic carbocycles. The molecule has 2 saturated heterocycles. The van der Waals surface area contributed by atoms with Gasteiger partial charge in [-0.2, -0.15) is 11.1 Å². The summed E-state index contributed by atoms with van der Waals surface area (Å²) in [5, 5.41) is 10.3. The van der Waals surface area contributed by atoms with E-state index in [0.717, 1.165) is 0 Å². The summed E-state index contributed by atoms with van der Waals surface area (Å²) in [6.45, 7) is 0. The SMILES string of the molecule is c1ccc2c(c1)c1ccccc1n2-c1ccc(N2NNC3C4CCCCC4C4NNN(c5ccc(-n6c7ccccc7c7ccccc76)cc5)C4C4CCCCC4C32)cc1. The van der Waals surface area contributed by atoms with Crippen LogP contribution >= 0.6 is 0 Å². The number of hydrazine groups is 4. The zero-order valence-corrected chi connectivity index (χ0v) is 33.9. The van der Waals surface area contributed by atoms with Gasteiger partial charge < -0.3 is 9.13 Å². The van der Waals surface area contributed by atoms with Crippen LogP contribution in [0.2, 0.25) is 0 Å². The fraction of sp³-hybridized carbons (Fsp3) is 0.308. The number of nitrogens with zero attached hydrogens (tertiary/aromatic N) is 4. The number of para-hydroxylation sites is 4. The second-order valence-electron chi connectivity index (χ2n) is 18.3. The highest BCUT2D eigenvalue weighted by Crippen LogP contribution is 2.51. The normalized spacial score (nSPS) is 27.8. The molecule has 6 aromatic carbocycles.